The Morgan fingerprint density at radius 2 is 1.92 bits per heavy atom. The average molecular weight is 194 g/mol. The number of aromatic nitrogens is 1. The van der Waals surface area contributed by atoms with Gasteiger partial charge in [0.1, 0.15) is 0 Å². The van der Waals surface area contributed by atoms with Gasteiger partial charge in [0, 0.05) is 0 Å². The lowest BCUT2D eigenvalue weighted by Gasteiger charge is -1.95. The van der Waals surface area contributed by atoms with Crippen LogP contribution in [0.5, 0.6) is 0 Å². The summed E-state index contributed by atoms with van der Waals surface area (Å²) < 4.78 is 0.960. The Morgan fingerprint density at radius 1 is 1.15 bits per heavy atom. The summed E-state index contributed by atoms with van der Waals surface area (Å²) >= 11 is 1.21. The highest BCUT2D eigenvalue weighted by Crippen LogP contribution is 2.29. The number of aromatic amines is 1. The van der Waals surface area contributed by atoms with E-state index in [0.717, 1.165) is 21.6 Å². The van der Waals surface area contributed by atoms with Crippen LogP contribution in [-0.2, 0) is 0 Å². The van der Waals surface area contributed by atoms with Crippen molar-refractivity contribution in [3.63, 3.8) is 0 Å². The molecule has 5 nitrogen and oxygen atoms in total. The number of hydrogen-bond donors (Lipinski definition) is 4. The fraction of sp³-hybridized carbons (Fsp3) is 0. The van der Waals surface area contributed by atoms with E-state index in [2.05, 4.69) is 21.4 Å². The van der Waals surface area contributed by atoms with Gasteiger partial charge in [0.05, 0.1) is 21.6 Å². The highest BCUT2D eigenvalue weighted by atomic mass is 32.1. The topological polar surface area (TPSA) is 69.0 Å². The normalized spacial score (nSPS) is 13.8. The van der Waals surface area contributed by atoms with Crippen molar-refractivity contribution in [3.8, 4) is 0 Å². The van der Waals surface area contributed by atoms with Crippen LogP contribution in [0.1, 0.15) is 0 Å². The van der Waals surface area contributed by atoms with Gasteiger partial charge in [0.15, 0.2) is 0 Å². The van der Waals surface area contributed by atoms with E-state index in [4.69, 9.17) is 0 Å². The second-order valence-corrected chi connectivity index (χ2v) is 3.80. The van der Waals surface area contributed by atoms with Crippen molar-refractivity contribution in [3.05, 3.63) is 21.8 Å². The Balaban J connectivity index is 2.41. The van der Waals surface area contributed by atoms with Crippen molar-refractivity contribution < 1.29 is 0 Å². The molecule has 0 amide bonds. The molecular weight excluding hydrogens is 188 g/mol. The first-order valence-corrected chi connectivity index (χ1v) is 4.58. The summed E-state index contributed by atoms with van der Waals surface area (Å²) in [6.07, 6.45) is 0. The molecule has 0 saturated carbocycles. The van der Waals surface area contributed by atoms with Gasteiger partial charge in [0.25, 0.3) is 0 Å². The van der Waals surface area contributed by atoms with Crippen molar-refractivity contribution >= 4 is 32.9 Å². The highest BCUT2D eigenvalue weighted by molar-refractivity contribution is 7.16. The fourth-order valence-electron chi connectivity index (χ4n) is 1.37. The molecule has 1 aliphatic heterocycles. The molecule has 1 aromatic heterocycles. The summed E-state index contributed by atoms with van der Waals surface area (Å²) in [5.74, 6) is 0. The van der Waals surface area contributed by atoms with E-state index < -0.39 is 0 Å². The minimum absolute atomic E-state index is 0.0216. The molecule has 0 saturated heterocycles. The Hall–Kier alpha value is -1.53. The summed E-state index contributed by atoms with van der Waals surface area (Å²) in [5, 5.41) is 0. The molecule has 0 bridgehead atoms. The van der Waals surface area contributed by atoms with Crippen LogP contribution in [0.25, 0.3) is 10.2 Å². The standard InChI is InChI=1S/C7H6N4OS/c12-7-8-5-1-3-4(10-11-9-3)2-6(5)13-7/h1-2,9-11H,(H,8,12). The molecule has 2 aromatic rings. The fourth-order valence-corrected chi connectivity index (χ4v) is 2.13. The Labute approximate surface area is 76.7 Å². The van der Waals surface area contributed by atoms with Gasteiger partial charge in [-0.25, -0.2) is 0 Å². The molecule has 3 rings (SSSR count). The zero-order chi connectivity index (χ0) is 8.84. The molecule has 0 atom stereocenters. The van der Waals surface area contributed by atoms with E-state index in [0.29, 0.717) is 0 Å². The average Bonchev–Trinajstić information content (AvgIpc) is 2.63. The third-order valence-electron chi connectivity index (χ3n) is 1.95. The smallest absolute Gasteiger partial charge is 0.305 e. The maximum atomic E-state index is 11.0. The molecular formula is C7H6N4OS. The SMILES string of the molecule is O=c1[nH]c2cc3c(cc2s1)NNN3. The summed E-state index contributed by atoms with van der Waals surface area (Å²) in [7, 11) is 0. The van der Waals surface area contributed by atoms with E-state index in [9.17, 15) is 4.79 Å². The third kappa shape index (κ3) is 0.927. The molecule has 4 N–H and O–H groups in total. The zero-order valence-electron chi connectivity index (χ0n) is 6.47. The molecule has 0 fully saturated rings. The van der Waals surface area contributed by atoms with E-state index in [1.54, 1.807) is 0 Å². The maximum Gasteiger partial charge on any atom is 0.305 e. The molecule has 2 heterocycles. The van der Waals surface area contributed by atoms with Crippen LogP contribution in [-0.4, -0.2) is 4.98 Å². The van der Waals surface area contributed by atoms with Gasteiger partial charge in [0.2, 0.25) is 0 Å². The maximum absolute atomic E-state index is 11.0. The van der Waals surface area contributed by atoms with Crippen molar-refractivity contribution in [2.24, 2.45) is 0 Å². The van der Waals surface area contributed by atoms with Gasteiger partial charge in [-0.05, 0) is 12.1 Å². The van der Waals surface area contributed by atoms with Crippen molar-refractivity contribution in [1.82, 2.24) is 10.5 Å². The minimum Gasteiger partial charge on any atom is -0.312 e. The van der Waals surface area contributed by atoms with Gasteiger partial charge in [-0.3, -0.25) is 4.79 Å². The molecule has 0 radical (unpaired) electrons. The molecule has 0 unspecified atom stereocenters. The predicted octanol–water partition coefficient (Wildman–Crippen LogP) is 0.847. The Morgan fingerprint density at radius 3 is 2.77 bits per heavy atom. The first kappa shape index (κ1) is 6.93. The van der Waals surface area contributed by atoms with Crippen LogP contribution in [0.3, 0.4) is 0 Å². The zero-order valence-corrected chi connectivity index (χ0v) is 7.29. The number of hydrogen-bond acceptors (Lipinski definition) is 5. The number of benzene rings is 1. The van der Waals surface area contributed by atoms with E-state index in [-0.39, 0.29) is 4.87 Å². The lowest BCUT2D eigenvalue weighted by molar-refractivity contribution is 1.01. The van der Waals surface area contributed by atoms with E-state index in [1.807, 2.05) is 12.1 Å². The van der Waals surface area contributed by atoms with Gasteiger partial charge >= 0.3 is 4.87 Å². The van der Waals surface area contributed by atoms with Crippen LogP contribution in [0.4, 0.5) is 11.4 Å². The monoisotopic (exact) mass is 194 g/mol. The molecule has 0 aliphatic carbocycles. The molecule has 6 heteroatoms. The first-order chi connectivity index (χ1) is 6.33. The predicted molar refractivity (Wildman–Crippen MR) is 52.8 cm³/mol. The van der Waals surface area contributed by atoms with Gasteiger partial charge < -0.3 is 15.8 Å². The number of H-pyrrole nitrogens is 1. The number of thiazole rings is 1. The Bertz CT molecular complexity index is 485. The molecule has 1 aliphatic rings. The van der Waals surface area contributed by atoms with Crippen molar-refractivity contribution in [1.29, 1.82) is 0 Å². The van der Waals surface area contributed by atoms with E-state index in [1.165, 1.54) is 11.3 Å². The first-order valence-electron chi connectivity index (χ1n) is 3.77. The number of nitrogens with one attached hydrogen (secondary N) is 4. The summed E-state index contributed by atoms with van der Waals surface area (Å²) in [4.78, 5) is 13.8. The second-order valence-electron chi connectivity index (χ2n) is 2.78. The molecule has 13 heavy (non-hydrogen) atoms. The summed E-state index contributed by atoms with van der Waals surface area (Å²) in [6.45, 7) is 0. The van der Waals surface area contributed by atoms with Crippen LogP contribution < -0.4 is 21.3 Å². The lowest BCUT2D eigenvalue weighted by atomic mass is 10.2. The van der Waals surface area contributed by atoms with Gasteiger partial charge in [-0.1, -0.05) is 11.3 Å². The van der Waals surface area contributed by atoms with Gasteiger partial charge in [-0.15, -0.1) is 5.53 Å². The van der Waals surface area contributed by atoms with Crippen LogP contribution in [0, 0.1) is 0 Å². The number of rotatable bonds is 0. The van der Waals surface area contributed by atoms with E-state index >= 15 is 0 Å². The van der Waals surface area contributed by atoms with Crippen molar-refractivity contribution in [2.75, 3.05) is 10.9 Å². The van der Waals surface area contributed by atoms with Crippen LogP contribution in [0.2, 0.25) is 0 Å². The molecule has 0 spiro atoms. The van der Waals surface area contributed by atoms with Gasteiger partial charge in [-0.2, -0.15) is 0 Å². The number of fused-ring (bicyclic) bond motifs is 2. The third-order valence-corrected chi connectivity index (χ3v) is 2.80. The molecule has 1 aromatic carbocycles. The number of hydrazine groups is 2. The minimum atomic E-state index is -0.0216. The Kier molecular flexibility index (Phi) is 1.19. The largest absolute Gasteiger partial charge is 0.312 e. The number of anilines is 2. The van der Waals surface area contributed by atoms with Crippen molar-refractivity contribution in [2.45, 2.75) is 0 Å². The lowest BCUT2D eigenvalue weighted by Crippen LogP contribution is -2.19. The molecule has 66 valence electrons. The van der Waals surface area contributed by atoms with Crippen LogP contribution >= 0.6 is 11.3 Å². The quantitative estimate of drug-likeness (QED) is 0.502. The van der Waals surface area contributed by atoms with Crippen LogP contribution in [0.15, 0.2) is 16.9 Å². The summed E-state index contributed by atoms with van der Waals surface area (Å²) in [6, 6.07) is 3.83. The highest BCUT2D eigenvalue weighted by Gasteiger charge is 2.11. The summed E-state index contributed by atoms with van der Waals surface area (Å²) in [5.41, 5.74) is 11.4. The second kappa shape index (κ2) is 2.24.